The van der Waals surface area contributed by atoms with Crippen molar-refractivity contribution in [1.82, 2.24) is 4.98 Å². The second kappa shape index (κ2) is 6.58. The summed E-state index contributed by atoms with van der Waals surface area (Å²) in [5.74, 6) is 0.995. The van der Waals surface area contributed by atoms with E-state index in [0.717, 1.165) is 28.3 Å². The number of methoxy groups -OCH3 is 1. The minimum Gasteiger partial charge on any atom is -0.493 e. The lowest BCUT2D eigenvalue weighted by atomic mass is 10.1. The topological polar surface area (TPSA) is 68.4 Å². The van der Waals surface area contributed by atoms with Crippen LogP contribution in [0.1, 0.15) is 21.5 Å². The molecule has 0 atom stereocenters. The molecule has 0 fully saturated rings. The van der Waals surface area contributed by atoms with Crippen LogP contribution in [0.2, 0.25) is 0 Å². The summed E-state index contributed by atoms with van der Waals surface area (Å²) in [6.45, 7) is 2.17. The number of carbonyl (C=O) groups excluding carboxylic acids is 1. The molecular weight excluding hydrogens is 306 g/mol. The van der Waals surface area contributed by atoms with Crippen LogP contribution in [0, 0.1) is 6.92 Å². The molecule has 0 radical (unpaired) electrons. The van der Waals surface area contributed by atoms with Crippen molar-refractivity contribution in [2.75, 3.05) is 7.11 Å². The predicted molar refractivity (Wildman–Crippen MR) is 92.0 cm³/mol. The number of hydrogen-bond donors (Lipinski definition) is 1. The van der Waals surface area contributed by atoms with Crippen molar-refractivity contribution in [3.63, 3.8) is 0 Å². The molecule has 1 aromatic heterocycles. The Labute approximate surface area is 138 Å². The summed E-state index contributed by atoms with van der Waals surface area (Å²) < 4.78 is 11.1. The highest BCUT2D eigenvalue weighted by molar-refractivity contribution is 5.84. The third-order valence-corrected chi connectivity index (χ3v) is 3.88. The number of aldehydes is 1. The summed E-state index contributed by atoms with van der Waals surface area (Å²) in [7, 11) is 1.52. The van der Waals surface area contributed by atoms with Gasteiger partial charge >= 0.3 is 0 Å². The maximum atomic E-state index is 11.9. The van der Waals surface area contributed by atoms with E-state index in [1.54, 1.807) is 18.2 Å². The zero-order valence-electron chi connectivity index (χ0n) is 13.5. The molecule has 0 spiro atoms. The van der Waals surface area contributed by atoms with E-state index in [9.17, 15) is 9.59 Å². The van der Waals surface area contributed by atoms with Crippen molar-refractivity contribution < 1.29 is 14.3 Å². The number of H-pyrrole nitrogens is 1. The fourth-order valence-electron chi connectivity index (χ4n) is 2.65. The molecule has 3 aromatic rings. The van der Waals surface area contributed by atoms with Crippen LogP contribution in [-0.4, -0.2) is 18.4 Å². The van der Waals surface area contributed by atoms with Gasteiger partial charge in [-0.15, -0.1) is 0 Å². The van der Waals surface area contributed by atoms with Crippen LogP contribution in [0.15, 0.2) is 47.3 Å². The normalized spacial score (nSPS) is 10.6. The molecule has 5 heteroatoms. The van der Waals surface area contributed by atoms with Crippen molar-refractivity contribution >= 4 is 17.2 Å². The number of benzene rings is 2. The molecule has 0 aliphatic carbocycles. The van der Waals surface area contributed by atoms with Gasteiger partial charge in [0, 0.05) is 22.6 Å². The summed E-state index contributed by atoms with van der Waals surface area (Å²) in [6.07, 6.45) is 0.749. The first-order valence-corrected chi connectivity index (χ1v) is 7.50. The molecule has 0 aliphatic heterocycles. The highest BCUT2D eigenvalue weighted by Crippen LogP contribution is 2.29. The maximum Gasteiger partial charge on any atom is 0.248 e. The molecule has 5 nitrogen and oxygen atoms in total. The van der Waals surface area contributed by atoms with E-state index in [4.69, 9.17) is 9.47 Å². The number of rotatable bonds is 5. The van der Waals surface area contributed by atoms with Crippen LogP contribution in [0.5, 0.6) is 11.5 Å². The van der Waals surface area contributed by atoms with E-state index in [-0.39, 0.29) is 12.2 Å². The Hall–Kier alpha value is -3.08. The molecule has 0 bridgehead atoms. The molecule has 122 valence electrons. The molecule has 0 saturated heterocycles. The smallest absolute Gasteiger partial charge is 0.248 e. The molecule has 1 heterocycles. The Kier molecular flexibility index (Phi) is 4.33. The summed E-state index contributed by atoms with van der Waals surface area (Å²) in [5, 5.41) is 0.943. The molecule has 0 aliphatic rings. The second-order valence-corrected chi connectivity index (χ2v) is 5.47. The quantitative estimate of drug-likeness (QED) is 0.732. The minimum atomic E-state index is -0.168. The molecule has 0 saturated carbocycles. The Morgan fingerprint density at radius 1 is 1.12 bits per heavy atom. The SMILES string of the molecule is COc1cc(C=O)ccc1OCc1cc(=O)[nH]c2c(C)cccc12. The summed E-state index contributed by atoms with van der Waals surface area (Å²) in [4.78, 5) is 25.6. The van der Waals surface area contributed by atoms with E-state index < -0.39 is 0 Å². The van der Waals surface area contributed by atoms with E-state index in [1.165, 1.54) is 13.2 Å². The van der Waals surface area contributed by atoms with Gasteiger partial charge in [0.05, 0.1) is 12.6 Å². The number of nitrogens with one attached hydrogen (secondary N) is 1. The number of aromatic amines is 1. The summed E-state index contributed by atoms with van der Waals surface area (Å²) in [6, 6.07) is 12.3. The average Bonchev–Trinajstić information content (AvgIpc) is 2.60. The van der Waals surface area contributed by atoms with Gasteiger partial charge in [0.1, 0.15) is 12.9 Å². The standard InChI is InChI=1S/C19H17NO4/c1-12-4-3-5-15-14(9-18(22)20-19(12)15)11-24-16-7-6-13(10-21)8-17(16)23-2/h3-10H,11H2,1-2H3,(H,20,22). The van der Waals surface area contributed by atoms with Gasteiger partial charge in [0.15, 0.2) is 11.5 Å². The van der Waals surface area contributed by atoms with E-state index in [1.807, 2.05) is 25.1 Å². The second-order valence-electron chi connectivity index (χ2n) is 5.47. The number of aromatic nitrogens is 1. The Balaban J connectivity index is 1.96. The number of ether oxygens (including phenoxy) is 2. The van der Waals surface area contributed by atoms with Gasteiger partial charge < -0.3 is 14.5 Å². The molecular formula is C19H17NO4. The molecule has 0 unspecified atom stereocenters. The first-order chi connectivity index (χ1) is 11.6. The van der Waals surface area contributed by atoms with Crippen LogP contribution in [0.3, 0.4) is 0 Å². The van der Waals surface area contributed by atoms with E-state index in [2.05, 4.69) is 4.98 Å². The zero-order valence-corrected chi connectivity index (χ0v) is 13.5. The van der Waals surface area contributed by atoms with Crippen LogP contribution in [0.4, 0.5) is 0 Å². The lowest BCUT2D eigenvalue weighted by Gasteiger charge is -2.13. The van der Waals surface area contributed by atoms with Gasteiger partial charge in [-0.25, -0.2) is 0 Å². The monoisotopic (exact) mass is 323 g/mol. The highest BCUT2D eigenvalue weighted by atomic mass is 16.5. The largest absolute Gasteiger partial charge is 0.493 e. The summed E-state index contributed by atoms with van der Waals surface area (Å²) >= 11 is 0. The number of fused-ring (bicyclic) bond motifs is 1. The first kappa shape index (κ1) is 15.8. The fraction of sp³-hybridized carbons (Fsp3) is 0.158. The van der Waals surface area contributed by atoms with Crippen molar-refractivity contribution in [3.05, 3.63) is 69.5 Å². The number of carbonyl (C=O) groups is 1. The van der Waals surface area contributed by atoms with Crippen LogP contribution in [-0.2, 0) is 6.61 Å². The van der Waals surface area contributed by atoms with Gasteiger partial charge in [0.2, 0.25) is 5.56 Å². The number of para-hydroxylation sites is 1. The van der Waals surface area contributed by atoms with Crippen molar-refractivity contribution in [1.29, 1.82) is 0 Å². The third-order valence-electron chi connectivity index (χ3n) is 3.88. The average molecular weight is 323 g/mol. The Morgan fingerprint density at radius 3 is 2.71 bits per heavy atom. The molecule has 1 N–H and O–H groups in total. The van der Waals surface area contributed by atoms with E-state index >= 15 is 0 Å². The molecule has 2 aromatic carbocycles. The number of aryl methyl sites for hydroxylation is 1. The Bertz CT molecular complexity index is 959. The molecule has 0 amide bonds. The minimum absolute atomic E-state index is 0.168. The van der Waals surface area contributed by atoms with Crippen LogP contribution in [0.25, 0.3) is 10.9 Å². The van der Waals surface area contributed by atoms with Crippen molar-refractivity contribution in [2.45, 2.75) is 13.5 Å². The lowest BCUT2D eigenvalue weighted by molar-refractivity contribution is 0.112. The van der Waals surface area contributed by atoms with Gasteiger partial charge in [-0.2, -0.15) is 0 Å². The van der Waals surface area contributed by atoms with Gasteiger partial charge in [0.25, 0.3) is 0 Å². The molecule has 3 rings (SSSR count). The lowest BCUT2D eigenvalue weighted by Crippen LogP contribution is -2.09. The number of pyridine rings is 1. The zero-order chi connectivity index (χ0) is 17.1. The molecule has 24 heavy (non-hydrogen) atoms. The third kappa shape index (κ3) is 3.01. The van der Waals surface area contributed by atoms with Gasteiger partial charge in [-0.3, -0.25) is 9.59 Å². The van der Waals surface area contributed by atoms with Crippen molar-refractivity contribution in [3.8, 4) is 11.5 Å². The highest BCUT2D eigenvalue weighted by Gasteiger charge is 2.09. The van der Waals surface area contributed by atoms with Gasteiger partial charge in [-0.1, -0.05) is 18.2 Å². The van der Waals surface area contributed by atoms with Gasteiger partial charge in [-0.05, 0) is 30.7 Å². The summed E-state index contributed by atoms with van der Waals surface area (Å²) in [5.41, 5.74) is 2.94. The first-order valence-electron chi connectivity index (χ1n) is 7.50. The fourth-order valence-corrected chi connectivity index (χ4v) is 2.65. The number of hydrogen-bond acceptors (Lipinski definition) is 4. The van der Waals surface area contributed by atoms with E-state index in [0.29, 0.717) is 17.1 Å². The van der Waals surface area contributed by atoms with Crippen LogP contribution < -0.4 is 15.0 Å². The Morgan fingerprint density at radius 2 is 1.96 bits per heavy atom. The predicted octanol–water partition coefficient (Wildman–Crippen LogP) is 3.24. The van der Waals surface area contributed by atoms with Crippen molar-refractivity contribution in [2.24, 2.45) is 0 Å². The van der Waals surface area contributed by atoms with Crippen LogP contribution >= 0.6 is 0 Å². The maximum absolute atomic E-state index is 11.9.